The summed E-state index contributed by atoms with van der Waals surface area (Å²) in [6.07, 6.45) is 3.77. The Morgan fingerprint density at radius 2 is 2.16 bits per heavy atom. The molecule has 2 aromatic rings. The normalized spacial score (nSPS) is 10.2. The minimum absolute atomic E-state index is 0.109. The predicted octanol–water partition coefficient (Wildman–Crippen LogP) is 0.896. The molecule has 1 heterocycles. The quantitative estimate of drug-likeness (QED) is 0.808. The molecule has 0 bridgehead atoms. The van der Waals surface area contributed by atoms with Gasteiger partial charge in [0.2, 0.25) is 0 Å². The van der Waals surface area contributed by atoms with Gasteiger partial charge in [0.1, 0.15) is 5.75 Å². The standard InChI is InChI=1S/C13H16N4O2/c1-17-8-10(7-16-17)6-15-11-2-4-12(5-3-11)19-9-13(14)18/h2-5,7-8,15H,6,9H2,1H3,(H2,14,18). The zero-order chi connectivity index (χ0) is 13.7. The van der Waals surface area contributed by atoms with Crippen LogP contribution in [-0.4, -0.2) is 22.3 Å². The van der Waals surface area contributed by atoms with Crippen LogP contribution >= 0.6 is 0 Å². The van der Waals surface area contributed by atoms with Gasteiger partial charge in [-0.2, -0.15) is 5.10 Å². The predicted molar refractivity (Wildman–Crippen MR) is 71.7 cm³/mol. The van der Waals surface area contributed by atoms with E-state index in [-0.39, 0.29) is 6.61 Å². The molecule has 0 radical (unpaired) electrons. The number of hydrogen-bond donors (Lipinski definition) is 2. The number of nitrogens with one attached hydrogen (secondary N) is 1. The number of amides is 1. The zero-order valence-corrected chi connectivity index (χ0v) is 10.7. The van der Waals surface area contributed by atoms with Crippen LogP contribution in [0.4, 0.5) is 5.69 Å². The van der Waals surface area contributed by atoms with Crippen molar-refractivity contribution >= 4 is 11.6 Å². The van der Waals surface area contributed by atoms with Crippen LogP contribution in [0.5, 0.6) is 5.75 Å². The molecule has 1 amide bonds. The highest BCUT2D eigenvalue weighted by molar-refractivity contribution is 5.75. The van der Waals surface area contributed by atoms with Crippen LogP contribution in [0.2, 0.25) is 0 Å². The number of carbonyl (C=O) groups excluding carboxylic acids is 1. The third-order valence-corrected chi connectivity index (χ3v) is 2.49. The van der Waals surface area contributed by atoms with Crippen LogP contribution in [0, 0.1) is 0 Å². The largest absolute Gasteiger partial charge is 0.484 e. The van der Waals surface area contributed by atoms with E-state index < -0.39 is 5.91 Å². The highest BCUT2D eigenvalue weighted by Gasteiger charge is 1.99. The van der Waals surface area contributed by atoms with Gasteiger partial charge in [-0.3, -0.25) is 9.48 Å². The number of aromatic nitrogens is 2. The number of benzene rings is 1. The summed E-state index contributed by atoms with van der Waals surface area (Å²) >= 11 is 0. The van der Waals surface area contributed by atoms with Crippen LogP contribution in [0.25, 0.3) is 0 Å². The fourth-order valence-corrected chi connectivity index (χ4v) is 1.59. The van der Waals surface area contributed by atoms with Crippen molar-refractivity contribution in [3.05, 3.63) is 42.2 Å². The lowest BCUT2D eigenvalue weighted by Crippen LogP contribution is -2.19. The number of primary amides is 1. The summed E-state index contributed by atoms with van der Waals surface area (Å²) in [6.45, 7) is 0.595. The van der Waals surface area contributed by atoms with Gasteiger partial charge < -0.3 is 15.8 Å². The van der Waals surface area contributed by atoms with Crippen molar-refractivity contribution in [1.82, 2.24) is 9.78 Å². The minimum atomic E-state index is -0.487. The SMILES string of the molecule is Cn1cc(CNc2ccc(OCC(N)=O)cc2)cn1. The summed E-state index contributed by atoms with van der Waals surface area (Å²) in [4.78, 5) is 10.6. The maximum Gasteiger partial charge on any atom is 0.255 e. The summed E-state index contributed by atoms with van der Waals surface area (Å²) < 4.78 is 6.93. The van der Waals surface area contributed by atoms with Crippen molar-refractivity contribution in [2.24, 2.45) is 12.8 Å². The summed E-state index contributed by atoms with van der Waals surface area (Å²) in [5, 5.41) is 7.36. The molecule has 1 aromatic carbocycles. The fraction of sp³-hybridized carbons (Fsp3) is 0.231. The number of carbonyl (C=O) groups is 1. The molecular weight excluding hydrogens is 244 g/mol. The Hall–Kier alpha value is -2.50. The molecule has 0 saturated heterocycles. The van der Waals surface area contributed by atoms with Gasteiger partial charge in [0.15, 0.2) is 6.61 Å². The maximum absolute atomic E-state index is 10.6. The minimum Gasteiger partial charge on any atom is -0.484 e. The third kappa shape index (κ3) is 4.02. The van der Waals surface area contributed by atoms with Crippen molar-refractivity contribution in [2.75, 3.05) is 11.9 Å². The lowest BCUT2D eigenvalue weighted by Gasteiger charge is -2.07. The molecule has 0 unspecified atom stereocenters. The van der Waals surface area contributed by atoms with Gasteiger partial charge in [-0.25, -0.2) is 0 Å². The van der Waals surface area contributed by atoms with Crippen molar-refractivity contribution in [1.29, 1.82) is 0 Å². The Kier molecular flexibility index (Phi) is 4.02. The first-order valence-corrected chi connectivity index (χ1v) is 5.86. The van der Waals surface area contributed by atoms with Gasteiger partial charge in [0, 0.05) is 31.0 Å². The third-order valence-electron chi connectivity index (χ3n) is 2.49. The van der Waals surface area contributed by atoms with E-state index in [0.29, 0.717) is 12.3 Å². The number of anilines is 1. The van der Waals surface area contributed by atoms with Crippen LogP contribution in [-0.2, 0) is 18.4 Å². The molecule has 2 rings (SSSR count). The average Bonchev–Trinajstić information content (AvgIpc) is 2.81. The molecule has 100 valence electrons. The van der Waals surface area contributed by atoms with Gasteiger partial charge in [-0.05, 0) is 24.3 Å². The van der Waals surface area contributed by atoms with Crippen molar-refractivity contribution in [3.63, 3.8) is 0 Å². The van der Waals surface area contributed by atoms with E-state index in [2.05, 4.69) is 10.4 Å². The van der Waals surface area contributed by atoms with Crippen LogP contribution in [0.1, 0.15) is 5.56 Å². The number of aryl methyl sites for hydroxylation is 1. The lowest BCUT2D eigenvalue weighted by atomic mass is 10.3. The Balaban J connectivity index is 1.86. The molecule has 0 atom stereocenters. The molecule has 0 aliphatic rings. The topological polar surface area (TPSA) is 82.2 Å². The Bertz CT molecular complexity index is 548. The van der Waals surface area contributed by atoms with Crippen LogP contribution in [0.15, 0.2) is 36.7 Å². The van der Waals surface area contributed by atoms with E-state index in [1.165, 1.54) is 0 Å². The molecule has 6 nitrogen and oxygen atoms in total. The van der Waals surface area contributed by atoms with E-state index in [1.807, 2.05) is 31.6 Å². The van der Waals surface area contributed by atoms with Crippen LogP contribution < -0.4 is 15.8 Å². The number of nitrogens with two attached hydrogens (primary N) is 1. The van der Waals surface area contributed by atoms with E-state index in [9.17, 15) is 4.79 Å². The first kappa shape index (κ1) is 12.9. The average molecular weight is 260 g/mol. The number of ether oxygens (including phenoxy) is 1. The second-order valence-corrected chi connectivity index (χ2v) is 4.16. The van der Waals surface area contributed by atoms with E-state index in [1.54, 1.807) is 16.8 Å². The molecule has 3 N–H and O–H groups in total. The highest BCUT2D eigenvalue weighted by atomic mass is 16.5. The summed E-state index contributed by atoms with van der Waals surface area (Å²) in [6, 6.07) is 7.34. The van der Waals surface area contributed by atoms with E-state index in [4.69, 9.17) is 10.5 Å². The summed E-state index contributed by atoms with van der Waals surface area (Å²) in [5.41, 5.74) is 7.08. The Labute approximate surface area is 111 Å². The second kappa shape index (κ2) is 5.90. The van der Waals surface area contributed by atoms with Crippen LogP contribution in [0.3, 0.4) is 0 Å². The molecule has 1 aromatic heterocycles. The number of rotatable bonds is 6. The first-order valence-electron chi connectivity index (χ1n) is 5.86. The molecule has 0 fully saturated rings. The van der Waals surface area contributed by atoms with E-state index >= 15 is 0 Å². The van der Waals surface area contributed by atoms with Gasteiger partial charge in [-0.15, -0.1) is 0 Å². The first-order chi connectivity index (χ1) is 9.13. The van der Waals surface area contributed by atoms with Gasteiger partial charge in [-0.1, -0.05) is 0 Å². The maximum atomic E-state index is 10.6. The Morgan fingerprint density at radius 1 is 1.42 bits per heavy atom. The molecule has 6 heteroatoms. The molecule has 19 heavy (non-hydrogen) atoms. The fourth-order valence-electron chi connectivity index (χ4n) is 1.59. The van der Waals surface area contributed by atoms with Crippen molar-refractivity contribution in [2.45, 2.75) is 6.54 Å². The summed E-state index contributed by atoms with van der Waals surface area (Å²) in [7, 11) is 1.88. The van der Waals surface area contributed by atoms with Gasteiger partial charge in [0.05, 0.1) is 6.20 Å². The molecule has 0 aliphatic heterocycles. The molecule has 0 aliphatic carbocycles. The monoisotopic (exact) mass is 260 g/mol. The van der Waals surface area contributed by atoms with Gasteiger partial charge >= 0.3 is 0 Å². The van der Waals surface area contributed by atoms with Crippen molar-refractivity contribution in [3.8, 4) is 5.75 Å². The van der Waals surface area contributed by atoms with Crippen molar-refractivity contribution < 1.29 is 9.53 Å². The molecular formula is C13H16N4O2. The Morgan fingerprint density at radius 3 is 2.74 bits per heavy atom. The second-order valence-electron chi connectivity index (χ2n) is 4.16. The number of hydrogen-bond acceptors (Lipinski definition) is 4. The van der Waals surface area contributed by atoms with Gasteiger partial charge in [0.25, 0.3) is 5.91 Å². The number of nitrogens with zero attached hydrogens (tertiary/aromatic N) is 2. The molecule has 0 spiro atoms. The lowest BCUT2D eigenvalue weighted by molar-refractivity contribution is -0.119. The summed E-state index contributed by atoms with van der Waals surface area (Å²) in [5.74, 6) is 0.129. The zero-order valence-electron chi connectivity index (χ0n) is 10.7. The van der Waals surface area contributed by atoms with E-state index in [0.717, 1.165) is 11.3 Å². The smallest absolute Gasteiger partial charge is 0.255 e. The molecule has 0 saturated carbocycles. The highest BCUT2D eigenvalue weighted by Crippen LogP contribution is 2.16.